The second kappa shape index (κ2) is 6.30. The predicted molar refractivity (Wildman–Crippen MR) is 98.8 cm³/mol. The summed E-state index contributed by atoms with van der Waals surface area (Å²) >= 11 is 2.91. The van der Waals surface area contributed by atoms with Gasteiger partial charge in [0.25, 0.3) is 5.56 Å². The van der Waals surface area contributed by atoms with Crippen LogP contribution in [0.2, 0.25) is 0 Å². The SMILES string of the molecule is COc1ccc(-c2nnc3s/c(=C/c4cccs4)c(=O)n23)cc1OC. The van der Waals surface area contributed by atoms with Crippen LogP contribution in [-0.2, 0) is 0 Å². The maximum atomic E-state index is 12.8. The largest absolute Gasteiger partial charge is 0.493 e. The number of rotatable bonds is 4. The average Bonchev–Trinajstić information content (AvgIpc) is 3.35. The Morgan fingerprint density at radius 3 is 2.68 bits per heavy atom. The zero-order valence-corrected chi connectivity index (χ0v) is 15.1. The molecule has 0 bridgehead atoms. The van der Waals surface area contributed by atoms with E-state index in [-0.39, 0.29) is 5.56 Å². The van der Waals surface area contributed by atoms with Gasteiger partial charge in [-0.2, -0.15) is 0 Å². The van der Waals surface area contributed by atoms with E-state index in [0.29, 0.717) is 26.8 Å². The molecule has 0 spiro atoms. The summed E-state index contributed by atoms with van der Waals surface area (Å²) in [4.78, 5) is 14.4. The Labute approximate surface area is 150 Å². The molecule has 0 radical (unpaired) electrons. The van der Waals surface area contributed by atoms with Crippen LogP contribution in [0.1, 0.15) is 4.88 Å². The molecule has 1 aromatic carbocycles. The fourth-order valence-electron chi connectivity index (χ4n) is 2.53. The molecule has 0 saturated carbocycles. The second-order valence-electron chi connectivity index (χ2n) is 5.14. The molecular formula is C17H13N3O3S2. The average molecular weight is 371 g/mol. The van der Waals surface area contributed by atoms with E-state index >= 15 is 0 Å². The fraction of sp³-hybridized carbons (Fsp3) is 0.118. The van der Waals surface area contributed by atoms with E-state index in [1.165, 1.54) is 15.7 Å². The van der Waals surface area contributed by atoms with Crippen molar-refractivity contribution in [1.29, 1.82) is 0 Å². The molecule has 126 valence electrons. The highest BCUT2D eigenvalue weighted by Gasteiger charge is 2.16. The van der Waals surface area contributed by atoms with Crippen molar-refractivity contribution in [3.05, 3.63) is 55.5 Å². The minimum absolute atomic E-state index is 0.122. The number of hydrogen-bond acceptors (Lipinski definition) is 7. The highest BCUT2D eigenvalue weighted by atomic mass is 32.1. The Morgan fingerprint density at radius 1 is 1.12 bits per heavy atom. The summed E-state index contributed by atoms with van der Waals surface area (Å²) in [7, 11) is 3.15. The summed E-state index contributed by atoms with van der Waals surface area (Å²) in [6.07, 6.45) is 1.88. The lowest BCUT2D eigenvalue weighted by Gasteiger charge is -2.08. The van der Waals surface area contributed by atoms with Crippen molar-refractivity contribution in [2.45, 2.75) is 0 Å². The van der Waals surface area contributed by atoms with E-state index < -0.39 is 0 Å². The van der Waals surface area contributed by atoms with Gasteiger partial charge >= 0.3 is 0 Å². The van der Waals surface area contributed by atoms with Crippen LogP contribution >= 0.6 is 22.7 Å². The van der Waals surface area contributed by atoms with Crippen LogP contribution in [0, 0.1) is 0 Å². The second-order valence-corrected chi connectivity index (χ2v) is 7.13. The molecule has 6 nitrogen and oxygen atoms in total. The standard InChI is InChI=1S/C17H13N3O3S2/c1-22-12-6-5-10(8-13(12)23-2)15-18-19-17-20(15)16(21)14(25-17)9-11-4-3-7-24-11/h3-9H,1-2H3/b14-9+. The zero-order valence-electron chi connectivity index (χ0n) is 13.4. The molecule has 0 atom stereocenters. The van der Waals surface area contributed by atoms with Crippen LogP contribution in [0.3, 0.4) is 0 Å². The van der Waals surface area contributed by atoms with Crippen LogP contribution in [-0.4, -0.2) is 28.8 Å². The highest BCUT2D eigenvalue weighted by Crippen LogP contribution is 2.31. The van der Waals surface area contributed by atoms with Gasteiger partial charge in [0.2, 0.25) is 4.96 Å². The minimum Gasteiger partial charge on any atom is -0.493 e. The van der Waals surface area contributed by atoms with Gasteiger partial charge in [-0.25, -0.2) is 4.40 Å². The summed E-state index contributed by atoms with van der Waals surface area (Å²) in [5, 5.41) is 10.3. The molecule has 0 aliphatic heterocycles. The molecule has 4 rings (SSSR count). The summed E-state index contributed by atoms with van der Waals surface area (Å²) in [5.74, 6) is 1.68. The number of methoxy groups -OCH3 is 2. The Hall–Kier alpha value is -2.71. The predicted octanol–water partition coefficient (Wildman–Crippen LogP) is 2.44. The maximum Gasteiger partial charge on any atom is 0.276 e. The number of thiophene rings is 1. The molecule has 0 amide bonds. The molecule has 4 aromatic rings. The third-order valence-electron chi connectivity index (χ3n) is 3.71. The van der Waals surface area contributed by atoms with Gasteiger partial charge < -0.3 is 9.47 Å². The first-order chi connectivity index (χ1) is 12.2. The summed E-state index contributed by atoms with van der Waals surface area (Å²) in [6, 6.07) is 9.33. The van der Waals surface area contributed by atoms with Crippen molar-refractivity contribution in [2.75, 3.05) is 14.2 Å². The van der Waals surface area contributed by atoms with E-state index in [4.69, 9.17) is 9.47 Å². The lowest BCUT2D eigenvalue weighted by atomic mass is 10.2. The zero-order chi connectivity index (χ0) is 17.4. The first kappa shape index (κ1) is 15.8. The lowest BCUT2D eigenvalue weighted by molar-refractivity contribution is 0.355. The van der Waals surface area contributed by atoms with E-state index in [0.717, 1.165) is 10.4 Å². The molecule has 0 saturated heterocycles. The minimum atomic E-state index is -0.122. The van der Waals surface area contributed by atoms with Crippen molar-refractivity contribution >= 4 is 33.7 Å². The number of hydrogen-bond donors (Lipinski definition) is 0. The lowest BCUT2D eigenvalue weighted by Crippen LogP contribution is -2.23. The number of aromatic nitrogens is 3. The van der Waals surface area contributed by atoms with E-state index in [9.17, 15) is 4.79 Å². The van der Waals surface area contributed by atoms with Gasteiger partial charge in [-0.05, 0) is 35.7 Å². The van der Waals surface area contributed by atoms with Crippen molar-refractivity contribution in [3.8, 4) is 22.9 Å². The van der Waals surface area contributed by atoms with Crippen molar-refractivity contribution in [2.24, 2.45) is 0 Å². The van der Waals surface area contributed by atoms with Crippen LogP contribution in [0.5, 0.6) is 11.5 Å². The quantitative estimate of drug-likeness (QED) is 0.551. The molecule has 3 heterocycles. The normalized spacial score (nSPS) is 12.0. The molecule has 0 unspecified atom stereocenters. The molecule has 3 aromatic heterocycles. The van der Waals surface area contributed by atoms with Gasteiger partial charge in [0.1, 0.15) is 0 Å². The molecular weight excluding hydrogens is 358 g/mol. The molecule has 25 heavy (non-hydrogen) atoms. The van der Waals surface area contributed by atoms with Gasteiger partial charge in [-0.15, -0.1) is 21.5 Å². The molecule has 0 fully saturated rings. The third-order valence-corrected chi connectivity index (χ3v) is 5.49. The van der Waals surface area contributed by atoms with Gasteiger partial charge in [-0.3, -0.25) is 4.79 Å². The van der Waals surface area contributed by atoms with E-state index in [1.807, 2.05) is 29.7 Å². The van der Waals surface area contributed by atoms with Crippen molar-refractivity contribution in [3.63, 3.8) is 0 Å². The number of fused-ring (bicyclic) bond motifs is 1. The van der Waals surface area contributed by atoms with Crippen molar-refractivity contribution < 1.29 is 9.47 Å². The highest BCUT2D eigenvalue weighted by molar-refractivity contribution is 7.15. The van der Waals surface area contributed by atoms with Gasteiger partial charge in [0.05, 0.1) is 18.8 Å². The number of benzene rings is 1. The summed E-state index contributed by atoms with van der Waals surface area (Å²) in [6.45, 7) is 0. The van der Waals surface area contributed by atoms with Gasteiger partial charge in [-0.1, -0.05) is 17.4 Å². The summed E-state index contributed by atoms with van der Waals surface area (Å²) < 4.78 is 12.7. The smallest absolute Gasteiger partial charge is 0.276 e. The Morgan fingerprint density at radius 2 is 1.96 bits per heavy atom. The molecule has 0 aliphatic carbocycles. The first-order valence-electron chi connectivity index (χ1n) is 7.37. The summed E-state index contributed by atoms with van der Waals surface area (Å²) in [5.41, 5.74) is 0.617. The Bertz CT molecular complexity index is 1150. The fourth-order valence-corrected chi connectivity index (χ4v) is 4.16. The number of nitrogens with zero attached hydrogens (tertiary/aromatic N) is 3. The number of thiazole rings is 1. The van der Waals surface area contributed by atoms with Crippen LogP contribution in [0.15, 0.2) is 40.5 Å². The number of ether oxygens (including phenoxy) is 2. The van der Waals surface area contributed by atoms with Crippen LogP contribution in [0.4, 0.5) is 0 Å². The molecule has 8 heteroatoms. The van der Waals surface area contributed by atoms with E-state index in [1.54, 1.807) is 37.7 Å². The molecule has 0 aliphatic rings. The Kier molecular flexibility index (Phi) is 3.98. The first-order valence-corrected chi connectivity index (χ1v) is 9.06. The third kappa shape index (κ3) is 2.69. The molecule has 0 N–H and O–H groups in total. The van der Waals surface area contributed by atoms with Crippen LogP contribution < -0.4 is 19.6 Å². The van der Waals surface area contributed by atoms with Gasteiger partial charge in [0, 0.05) is 10.4 Å². The van der Waals surface area contributed by atoms with E-state index in [2.05, 4.69) is 10.2 Å². The van der Waals surface area contributed by atoms with Gasteiger partial charge in [0.15, 0.2) is 17.3 Å². The van der Waals surface area contributed by atoms with Crippen molar-refractivity contribution in [1.82, 2.24) is 14.6 Å². The monoisotopic (exact) mass is 371 g/mol. The topological polar surface area (TPSA) is 65.7 Å². The van der Waals surface area contributed by atoms with Crippen LogP contribution in [0.25, 0.3) is 22.4 Å². The Balaban J connectivity index is 1.90. The maximum absolute atomic E-state index is 12.8.